The molecule has 0 bridgehead atoms. The summed E-state index contributed by atoms with van der Waals surface area (Å²) in [5, 5.41) is 9.70. The Hall–Kier alpha value is 1.71. The molecule has 0 rings (SSSR count). The van der Waals surface area contributed by atoms with Gasteiger partial charge in [0.05, 0.1) is 7.05 Å². The molecule has 0 heterocycles. The van der Waals surface area contributed by atoms with Crippen LogP contribution < -0.4 is 56.2 Å². The molecule has 0 aromatic heterocycles. The molecule has 0 aromatic carbocycles. The minimum absolute atomic E-state index is 0. The standard InChI is InChI=1S/CH6NO4P.K.H/c1-2(3)7(4,5)6;;/h2H,1H3,(H2,4,5,6);;/q;+1;-1. The molecule has 7 heteroatoms. The summed E-state index contributed by atoms with van der Waals surface area (Å²) >= 11 is 0. The van der Waals surface area contributed by atoms with E-state index in [0.29, 0.717) is 0 Å². The van der Waals surface area contributed by atoms with Crippen LogP contribution in [0.2, 0.25) is 0 Å². The van der Waals surface area contributed by atoms with Crippen molar-refractivity contribution in [2.75, 3.05) is 7.05 Å². The maximum absolute atomic E-state index is 9.70. The smallest absolute Gasteiger partial charge is 1.00 e. The Morgan fingerprint density at radius 2 is 1.88 bits per heavy atom. The maximum atomic E-state index is 9.70. The Kier molecular flexibility index (Phi) is 6.99. The number of hydrogen-bond donors (Lipinski definition) is 3. The van der Waals surface area contributed by atoms with Crippen LogP contribution in [-0.4, -0.2) is 16.8 Å². The van der Waals surface area contributed by atoms with Crippen LogP contribution in [0.4, 0.5) is 0 Å². The third-order valence-electron chi connectivity index (χ3n) is 0.410. The SMILES string of the molecule is C[NH+]([O-])P(=O)(O)O.[H-].[K+]. The second kappa shape index (κ2) is 4.51. The van der Waals surface area contributed by atoms with Gasteiger partial charge in [0.15, 0.2) is 0 Å². The maximum Gasteiger partial charge on any atom is 1.00 e. The molecule has 0 fully saturated rings. The average Bonchev–Trinajstić information content (AvgIpc) is 1.31. The van der Waals surface area contributed by atoms with Crippen molar-refractivity contribution in [1.82, 2.24) is 0 Å². The predicted octanol–water partition coefficient (Wildman–Crippen LogP) is -4.79. The van der Waals surface area contributed by atoms with Gasteiger partial charge in [0.25, 0.3) is 0 Å². The van der Waals surface area contributed by atoms with Gasteiger partial charge in [0.1, 0.15) is 0 Å². The molecule has 1 atom stereocenters. The van der Waals surface area contributed by atoms with Gasteiger partial charge in [0, 0.05) is 0 Å². The molecule has 0 aliphatic rings. The summed E-state index contributed by atoms with van der Waals surface area (Å²) in [5.41, 5.74) is 0. The van der Waals surface area contributed by atoms with Gasteiger partial charge in [0.2, 0.25) is 0 Å². The zero-order valence-corrected chi connectivity index (χ0v) is 8.68. The number of hydroxylamine groups is 1. The summed E-state index contributed by atoms with van der Waals surface area (Å²) in [4.78, 5) is 14.6. The van der Waals surface area contributed by atoms with Crippen LogP contribution in [0.25, 0.3) is 0 Å². The van der Waals surface area contributed by atoms with Gasteiger partial charge < -0.3 is 6.63 Å². The van der Waals surface area contributed by atoms with Crippen LogP contribution in [0.3, 0.4) is 0 Å². The van der Waals surface area contributed by atoms with Crippen LogP contribution in [0.15, 0.2) is 0 Å². The van der Waals surface area contributed by atoms with Crippen molar-refractivity contribution < 1.29 is 72.0 Å². The number of quaternary nitrogens is 1. The number of hydrogen-bond acceptors (Lipinski definition) is 2. The van der Waals surface area contributed by atoms with E-state index in [2.05, 4.69) is 0 Å². The molecule has 0 aliphatic carbocycles. The first-order valence-electron chi connectivity index (χ1n) is 1.51. The molecule has 0 aliphatic heterocycles. The fourth-order valence-electron chi connectivity index (χ4n) is 0. The van der Waals surface area contributed by atoms with Crippen molar-refractivity contribution in [2.24, 2.45) is 0 Å². The summed E-state index contributed by atoms with van der Waals surface area (Å²) in [6.45, 7) is 0. The van der Waals surface area contributed by atoms with Crippen molar-refractivity contribution in [3.8, 4) is 0 Å². The van der Waals surface area contributed by atoms with Gasteiger partial charge in [-0.25, -0.2) is 4.57 Å². The summed E-state index contributed by atoms with van der Waals surface area (Å²) < 4.78 is 9.68. The summed E-state index contributed by atoms with van der Waals surface area (Å²) in [6, 6.07) is 0. The van der Waals surface area contributed by atoms with Crippen LogP contribution in [0, 0.1) is 5.21 Å². The van der Waals surface area contributed by atoms with Gasteiger partial charge in [-0.1, -0.05) is 0 Å². The van der Waals surface area contributed by atoms with E-state index in [9.17, 15) is 9.77 Å². The second-order valence-electron chi connectivity index (χ2n) is 1.06. The number of nitrogens with one attached hydrogen (secondary N) is 1. The Morgan fingerprint density at radius 1 is 1.75 bits per heavy atom. The van der Waals surface area contributed by atoms with Crippen molar-refractivity contribution >= 4 is 7.75 Å². The molecule has 3 N–H and O–H groups in total. The molecular formula is CH7KNO4P. The molecule has 0 radical (unpaired) electrons. The first kappa shape index (κ1) is 12.4. The Morgan fingerprint density at radius 3 is 1.88 bits per heavy atom. The van der Waals surface area contributed by atoms with E-state index in [1.807, 2.05) is 0 Å². The molecule has 0 saturated carbocycles. The molecule has 46 valence electrons. The fourth-order valence-corrected chi connectivity index (χ4v) is 0. The Labute approximate surface area is 90.8 Å². The van der Waals surface area contributed by atoms with Gasteiger partial charge in [-0.3, -0.25) is 14.6 Å². The van der Waals surface area contributed by atoms with E-state index < -0.39 is 12.6 Å². The average molecular weight is 167 g/mol. The summed E-state index contributed by atoms with van der Waals surface area (Å²) in [7, 11) is -3.53. The van der Waals surface area contributed by atoms with Gasteiger partial charge in [-0.05, 0) is 0 Å². The second-order valence-corrected chi connectivity index (χ2v) is 2.78. The molecule has 0 aromatic rings. The molecular weight excluding hydrogens is 160 g/mol. The monoisotopic (exact) mass is 167 g/mol. The van der Waals surface area contributed by atoms with Crippen molar-refractivity contribution in [3.05, 3.63) is 5.21 Å². The summed E-state index contributed by atoms with van der Waals surface area (Å²) in [6.07, 6.45) is 0. The van der Waals surface area contributed by atoms with Crippen molar-refractivity contribution in [1.29, 1.82) is 0 Å². The number of rotatable bonds is 1. The van der Waals surface area contributed by atoms with E-state index >= 15 is 0 Å². The molecule has 5 nitrogen and oxygen atoms in total. The van der Waals surface area contributed by atoms with Gasteiger partial charge in [-0.2, -0.15) is 0 Å². The van der Waals surface area contributed by atoms with E-state index in [1.165, 1.54) is 0 Å². The topological polar surface area (TPSA) is 85.0 Å². The van der Waals surface area contributed by atoms with Gasteiger partial charge >= 0.3 is 59.1 Å². The van der Waals surface area contributed by atoms with E-state index in [1.54, 1.807) is 0 Å². The first-order chi connectivity index (χ1) is 2.94. The van der Waals surface area contributed by atoms with Crippen LogP contribution in [0.5, 0.6) is 0 Å². The molecule has 0 saturated heterocycles. The largest absolute Gasteiger partial charge is 1.00 e. The molecule has 0 spiro atoms. The molecule has 0 amide bonds. The van der Waals surface area contributed by atoms with Crippen molar-refractivity contribution in [2.45, 2.75) is 0 Å². The van der Waals surface area contributed by atoms with Gasteiger partial charge in [-0.15, -0.1) is 0 Å². The van der Waals surface area contributed by atoms with E-state index in [0.717, 1.165) is 7.05 Å². The molecule has 8 heavy (non-hydrogen) atoms. The van der Waals surface area contributed by atoms with Crippen LogP contribution >= 0.6 is 7.75 Å². The predicted molar refractivity (Wildman–Crippen MR) is 23.4 cm³/mol. The van der Waals surface area contributed by atoms with Crippen molar-refractivity contribution in [3.63, 3.8) is 0 Å². The normalized spacial score (nSPS) is 14.5. The Bertz CT molecular complexity index is 103. The third kappa shape index (κ3) is 5.84. The van der Waals surface area contributed by atoms with E-state index in [-0.39, 0.29) is 52.8 Å². The zero-order chi connectivity index (χ0) is 6.08. The zero-order valence-electron chi connectivity index (χ0n) is 5.66. The minimum Gasteiger partial charge on any atom is -1.00 e. The van der Waals surface area contributed by atoms with E-state index in [4.69, 9.17) is 9.79 Å². The summed E-state index contributed by atoms with van der Waals surface area (Å²) in [5.74, 6) is 0. The third-order valence-corrected chi connectivity index (χ3v) is 1.23. The van der Waals surface area contributed by atoms with Crippen LogP contribution in [0.1, 0.15) is 1.43 Å². The molecule has 1 unspecified atom stereocenters. The first-order valence-corrected chi connectivity index (χ1v) is 3.12. The fraction of sp³-hybridized carbons (Fsp3) is 1.00. The minimum atomic E-state index is -4.38. The van der Waals surface area contributed by atoms with Crippen LogP contribution in [-0.2, 0) is 4.57 Å². The quantitative estimate of drug-likeness (QED) is 0.208. The Balaban J connectivity index is -0.000000180.